The highest BCUT2D eigenvalue weighted by Gasteiger charge is 2.23. The van der Waals surface area contributed by atoms with Gasteiger partial charge in [-0.2, -0.15) is 0 Å². The summed E-state index contributed by atoms with van der Waals surface area (Å²) in [7, 11) is 0. The summed E-state index contributed by atoms with van der Waals surface area (Å²) in [6, 6.07) is 10.9. The van der Waals surface area contributed by atoms with Gasteiger partial charge in [-0.05, 0) is 19.1 Å². The minimum atomic E-state index is -0.422. The number of rotatable bonds is 3. The molecule has 0 bridgehead atoms. The van der Waals surface area contributed by atoms with Crippen molar-refractivity contribution in [3.05, 3.63) is 52.4 Å². The second kappa shape index (κ2) is 5.12. The van der Waals surface area contributed by atoms with Crippen LogP contribution in [0.1, 0.15) is 26.5 Å². The molecule has 4 heteroatoms. The van der Waals surface area contributed by atoms with Gasteiger partial charge >= 0.3 is 0 Å². The molecule has 2 aromatic rings. The summed E-state index contributed by atoms with van der Waals surface area (Å²) in [5.41, 5.74) is 1.02. The van der Waals surface area contributed by atoms with Gasteiger partial charge in [0.1, 0.15) is 0 Å². The number of aromatic nitrogens is 2. The fraction of sp³-hybridized carbons (Fsp3) is 0.375. The lowest BCUT2D eigenvalue weighted by molar-refractivity contribution is -0.127. The molecule has 0 saturated heterocycles. The number of hydrogen-bond donors (Lipinski definition) is 0. The molecule has 0 amide bonds. The molecule has 4 nitrogen and oxygen atoms in total. The summed E-state index contributed by atoms with van der Waals surface area (Å²) in [6.07, 6.45) is 0. The van der Waals surface area contributed by atoms with Crippen molar-refractivity contribution >= 4 is 5.78 Å². The Bertz CT molecular complexity index is 673. The minimum absolute atomic E-state index is 0.0980. The number of carbonyl (C=O) groups excluding carboxylic acids is 1. The number of Topliss-reactive ketones (excluding diaryl/α,β-unsaturated/α-hetero) is 1. The van der Waals surface area contributed by atoms with E-state index in [9.17, 15) is 9.59 Å². The van der Waals surface area contributed by atoms with Gasteiger partial charge in [-0.15, -0.1) is 0 Å². The van der Waals surface area contributed by atoms with Gasteiger partial charge in [-0.3, -0.25) is 14.3 Å². The third-order valence-corrected chi connectivity index (χ3v) is 3.32. The summed E-state index contributed by atoms with van der Waals surface area (Å²) in [6.45, 7) is 7.71. The molecule has 0 aliphatic carbocycles. The Morgan fingerprint density at radius 2 is 1.75 bits per heavy atom. The first-order valence-corrected chi connectivity index (χ1v) is 6.69. The molecule has 0 unspecified atom stereocenters. The Balaban J connectivity index is 2.50. The Morgan fingerprint density at radius 3 is 2.30 bits per heavy atom. The molecule has 1 heterocycles. The standard InChI is InChI=1S/C16H20N2O2/c1-12-10-15(20)18(13-8-6-5-7-9-13)17(12)11-14(19)16(2,3)4/h5-10H,11H2,1-4H3. The number of ketones is 1. The first kappa shape index (κ1) is 14.3. The number of aryl methyl sites for hydroxylation is 1. The summed E-state index contributed by atoms with van der Waals surface area (Å²) in [5, 5.41) is 0. The van der Waals surface area contributed by atoms with E-state index in [0.29, 0.717) is 0 Å². The van der Waals surface area contributed by atoms with Crippen LogP contribution in [0.2, 0.25) is 0 Å². The van der Waals surface area contributed by atoms with E-state index < -0.39 is 5.41 Å². The second-order valence-corrected chi connectivity index (χ2v) is 6.00. The zero-order valence-corrected chi connectivity index (χ0v) is 12.4. The van der Waals surface area contributed by atoms with Crippen LogP contribution in [-0.4, -0.2) is 15.1 Å². The van der Waals surface area contributed by atoms with E-state index in [1.54, 1.807) is 15.4 Å². The van der Waals surface area contributed by atoms with E-state index in [0.717, 1.165) is 11.4 Å². The Labute approximate surface area is 118 Å². The highest BCUT2D eigenvalue weighted by molar-refractivity contribution is 5.83. The molecule has 0 N–H and O–H groups in total. The maximum absolute atomic E-state index is 12.2. The van der Waals surface area contributed by atoms with Gasteiger partial charge in [-0.25, -0.2) is 4.68 Å². The van der Waals surface area contributed by atoms with Gasteiger partial charge in [-0.1, -0.05) is 39.0 Å². The van der Waals surface area contributed by atoms with Crippen molar-refractivity contribution in [3.8, 4) is 5.69 Å². The molecule has 0 aliphatic rings. The topological polar surface area (TPSA) is 44.0 Å². The van der Waals surface area contributed by atoms with Crippen LogP contribution >= 0.6 is 0 Å². The minimum Gasteiger partial charge on any atom is -0.297 e. The van der Waals surface area contributed by atoms with E-state index in [2.05, 4.69) is 0 Å². The molecular weight excluding hydrogens is 252 g/mol. The predicted molar refractivity (Wildman–Crippen MR) is 79.2 cm³/mol. The lowest BCUT2D eigenvalue weighted by atomic mass is 9.91. The molecule has 0 spiro atoms. The van der Waals surface area contributed by atoms with Crippen molar-refractivity contribution in [2.24, 2.45) is 5.41 Å². The summed E-state index contributed by atoms with van der Waals surface area (Å²) >= 11 is 0. The Hall–Kier alpha value is -2.10. The van der Waals surface area contributed by atoms with E-state index in [4.69, 9.17) is 0 Å². The summed E-state index contributed by atoms with van der Waals surface area (Å²) in [5.74, 6) is 0.0980. The first-order chi connectivity index (χ1) is 9.30. The lowest BCUT2D eigenvalue weighted by Gasteiger charge is -2.20. The number of para-hydroxylation sites is 1. The van der Waals surface area contributed by atoms with E-state index in [-0.39, 0.29) is 17.9 Å². The van der Waals surface area contributed by atoms with Crippen LogP contribution in [0.3, 0.4) is 0 Å². The van der Waals surface area contributed by atoms with Gasteiger partial charge in [0.15, 0.2) is 5.78 Å². The van der Waals surface area contributed by atoms with Crippen molar-refractivity contribution in [2.45, 2.75) is 34.2 Å². The molecular formula is C16H20N2O2. The normalized spacial score (nSPS) is 11.6. The quantitative estimate of drug-likeness (QED) is 0.862. The van der Waals surface area contributed by atoms with Crippen LogP contribution in [-0.2, 0) is 11.3 Å². The zero-order valence-electron chi connectivity index (χ0n) is 12.4. The molecule has 2 rings (SSSR count). The number of hydrogen-bond acceptors (Lipinski definition) is 2. The third kappa shape index (κ3) is 2.74. The average molecular weight is 272 g/mol. The maximum atomic E-state index is 12.2. The molecule has 1 aromatic carbocycles. The SMILES string of the molecule is Cc1cc(=O)n(-c2ccccc2)n1CC(=O)C(C)(C)C. The Kier molecular flexibility index (Phi) is 3.66. The number of carbonyl (C=O) groups is 1. The van der Waals surface area contributed by atoms with Gasteiger partial charge in [0.2, 0.25) is 0 Å². The van der Waals surface area contributed by atoms with Crippen LogP contribution in [0.4, 0.5) is 0 Å². The smallest absolute Gasteiger partial charge is 0.271 e. The molecule has 1 aromatic heterocycles. The van der Waals surface area contributed by atoms with E-state index >= 15 is 0 Å². The van der Waals surface area contributed by atoms with Gasteiger partial charge in [0.25, 0.3) is 5.56 Å². The zero-order chi connectivity index (χ0) is 14.9. The van der Waals surface area contributed by atoms with Gasteiger partial charge < -0.3 is 0 Å². The third-order valence-electron chi connectivity index (χ3n) is 3.32. The predicted octanol–water partition coefficient (Wildman–Crippen LogP) is 2.56. The van der Waals surface area contributed by atoms with E-state index in [1.165, 1.54) is 0 Å². The first-order valence-electron chi connectivity index (χ1n) is 6.69. The summed E-state index contributed by atoms with van der Waals surface area (Å²) < 4.78 is 3.30. The van der Waals surface area contributed by atoms with Crippen molar-refractivity contribution in [1.82, 2.24) is 9.36 Å². The molecule has 0 saturated carbocycles. The maximum Gasteiger partial charge on any atom is 0.271 e. The van der Waals surface area contributed by atoms with Crippen molar-refractivity contribution in [2.75, 3.05) is 0 Å². The largest absolute Gasteiger partial charge is 0.297 e. The molecule has 0 fully saturated rings. The molecule has 20 heavy (non-hydrogen) atoms. The fourth-order valence-corrected chi connectivity index (χ4v) is 2.00. The van der Waals surface area contributed by atoms with Crippen molar-refractivity contribution in [3.63, 3.8) is 0 Å². The van der Waals surface area contributed by atoms with Crippen LogP contribution in [0.15, 0.2) is 41.2 Å². The second-order valence-electron chi connectivity index (χ2n) is 6.00. The highest BCUT2D eigenvalue weighted by Crippen LogP contribution is 2.17. The van der Waals surface area contributed by atoms with Crippen LogP contribution in [0, 0.1) is 12.3 Å². The van der Waals surface area contributed by atoms with Crippen LogP contribution in [0.25, 0.3) is 5.69 Å². The molecule has 0 atom stereocenters. The van der Waals surface area contributed by atoms with Crippen LogP contribution in [0.5, 0.6) is 0 Å². The van der Waals surface area contributed by atoms with Crippen molar-refractivity contribution in [1.29, 1.82) is 0 Å². The lowest BCUT2D eigenvalue weighted by Crippen LogP contribution is -2.30. The van der Waals surface area contributed by atoms with Crippen LogP contribution < -0.4 is 5.56 Å². The van der Waals surface area contributed by atoms with Gasteiger partial charge in [0, 0.05) is 17.2 Å². The molecule has 106 valence electrons. The number of nitrogens with zero attached hydrogens (tertiary/aromatic N) is 2. The molecule has 0 radical (unpaired) electrons. The Morgan fingerprint density at radius 1 is 1.15 bits per heavy atom. The highest BCUT2D eigenvalue weighted by atomic mass is 16.1. The average Bonchev–Trinajstić information content (AvgIpc) is 2.64. The van der Waals surface area contributed by atoms with E-state index in [1.807, 2.05) is 58.0 Å². The fourth-order valence-electron chi connectivity index (χ4n) is 2.00. The molecule has 0 aliphatic heterocycles. The monoisotopic (exact) mass is 272 g/mol. The number of benzene rings is 1. The van der Waals surface area contributed by atoms with Crippen molar-refractivity contribution < 1.29 is 4.79 Å². The van der Waals surface area contributed by atoms with Gasteiger partial charge in [0.05, 0.1) is 12.2 Å². The summed E-state index contributed by atoms with van der Waals surface area (Å²) in [4.78, 5) is 24.4.